The molecule has 1 heterocycles. The van der Waals surface area contributed by atoms with Crippen LogP contribution in [-0.2, 0) is 18.3 Å². The lowest BCUT2D eigenvalue weighted by Gasteiger charge is -2.04. The van der Waals surface area contributed by atoms with Crippen molar-refractivity contribution < 1.29 is 4.79 Å². The van der Waals surface area contributed by atoms with Gasteiger partial charge in [0.15, 0.2) is 0 Å². The summed E-state index contributed by atoms with van der Waals surface area (Å²) in [4.78, 5) is 11.2. The summed E-state index contributed by atoms with van der Waals surface area (Å²) in [6, 6.07) is 1.95. The summed E-state index contributed by atoms with van der Waals surface area (Å²) < 4.78 is 1.81. The van der Waals surface area contributed by atoms with Crippen LogP contribution in [0.4, 0.5) is 0 Å². The fourth-order valence-electron chi connectivity index (χ4n) is 1.33. The Morgan fingerprint density at radius 2 is 2.47 bits per heavy atom. The second-order valence-corrected chi connectivity index (χ2v) is 3.44. The molecule has 1 amide bonds. The molecule has 5 nitrogen and oxygen atoms in total. The molecule has 1 rings (SSSR count). The predicted octanol–water partition coefficient (Wildman–Crippen LogP) is -0.182. The number of nitrogens with two attached hydrogens (primary N) is 1. The van der Waals surface area contributed by atoms with Gasteiger partial charge in [-0.15, -0.1) is 0 Å². The molecule has 0 fully saturated rings. The number of carbonyl (C=O) groups is 1. The van der Waals surface area contributed by atoms with Crippen molar-refractivity contribution in [3.8, 4) is 0 Å². The summed E-state index contributed by atoms with van der Waals surface area (Å²) in [5.74, 6) is 0.0719. The standard InChI is InChI=1S/C10H18N4O/c1-14-9(5-8-13-14)4-7-12-10(15)3-2-6-11/h5,8H,2-4,6-7,11H2,1H3,(H,12,15). The first kappa shape index (κ1) is 11.7. The predicted molar refractivity (Wildman–Crippen MR) is 58.2 cm³/mol. The molecule has 0 saturated heterocycles. The van der Waals surface area contributed by atoms with Crippen molar-refractivity contribution in [1.82, 2.24) is 15.1 Å². The summed E-state index contributed by atoms with van der Waals surface area (Å²) in [6.45, 7) is 1.22. The quantitative estimate of drug-likeness (QED) is 0.684. The molecule has 84 valence electrons. The summed E-state index contributed by atoms with van der Waals surface area (Å²) >= 11 is 0. The van der Waals surface area contributed by atoms with Gasteiger partial charge in [-0.05, 0) is 19.0 Å². The normalized spacial score (nSPS) is 10.3. The molecule has 0 aromatic carbocycles. The lowest BCUT2D eigenvalue weighted by atomic mass is 10.2. The number of aromatic nitrogens is 2. The topological polar surface area (TPSA) is 72.9 Å². The lowest BCUT2D eigenvalue weighted by molar-refractivity contribution is -0.121. The van der Waals surface area contributed by atoms with Crippen LogP contribution >= 0.6 is 0 Å². The van der Waals surface area contributed by atoms with Crippen LogP contribution < -0.4 is 11.1 Å². The molecule has 1 aromatic rings. The number of nitrogens with one attached hydrogen (secondary N) is 1. The highest BCUT2D eigenvalue weighted by Crippen LogP contribution is 1.96. The minimum absolute atomic E-state index is 0.0719. The lowest BCUT2D eigenvalue weighted by Crippen LogP contribution is -2.26. The van der Waals surface area contributed by atoms with Crippen LogP contribution in [0.5, 0.6) is 0 Å². The molecule has 0 spiro atoms. The maximum atomic E-state index is 11.2. The van der Waals surface area contributed by atoms with Gasteiger partial charge in [0.05, 0.1) is 0 Å². The first-order valence-corrected chi connectivity index (χ1v) is 5.17. The van der Waals surface area contributed by atoms with Crippen LogP contribution in [0.2, 0.25) is 0 Å². The van der Waals surface area contributed by atoms with E-state index in [0.29, 0.717) is 19.5 Å². The first-order valence-electron chi connectivity index (χ1n) is 5.17. The van der Waals surface area contributed by atoms with Gasteiger partial charge in [-0.25, -0.2) is 0 Å². The van der Waals surface area contributed by atoms with E-state index in [9.17, 15) is 4.79 Å². The van der Waals surface area contributed by atoms with E-state index in [1.165, 1.54) is 0 Å². The number of rotatable bonds is 6. The molecular weight excluding hydrogens is 192 g/mol. The van der Waals surface area contributed by atoms with E-state index in [-0.39, 0.29) is 5.91 Å². The number of carbonyl (C=O) groups excluding carboxylic acids is 1. The highest BCUT2D eigenvalue weighted by molar-refractivity contribution is 5.75. The maximum Gasteiger partial charge on any atom is 0.220 e. The molecule has 3 N–H and O–H groups in total. The Kier molecular flexibility index (Phi) is 4.83. The Balaban J connectivity index is 2.16. The third-order valence-electron chi connectivity index (χ3n) is 2.23. The van der Waals surface area contributed by atoms with Gasteiger partial charge in [0, 0.05) is 38.3 Å². The molecule has 5 heteroatoms. The molecule has 0 unspecified atom stereocenters. The van der Waals surface area contributed by atoms with Gasteiger partial charge in [0.25, 0.3) is 0 Å². The van der Waals surface area contributed by atoms with Crippen molar-refractivity contribution in [3.05, 3.63) is 18.0 Å². The van der Waals surface area contributed by atoms with Crippen LogP contribution in [-0.4, -0.2) is 28.8 Å². The highest BCUT2D eigenvalue weighted by Gasteiger charge is 2.01. The number of aryl methyl sites for hydroxylation is 1. The fraction of sp³-hybridized carbons (Fsp3) is 0.600. The molecule has 0 atom stereocenters. The van der Waals surface area contributed by atoms with E-state index >= 15 is 0 Å². The van der Waals surface area contributed by atoms with Crippen LogP contribution in [0.15, 0.2) is 12.3 Å². The van der Waals surface area contributed by atoms with E-state index in [0.717, 1.165) is 18.5 Å². The van der Waals surface area contributed by atoms with E-state index in [1.54, 1.807) is 6.20 Å². The number of hydrogen-bond acceptors (Lipinski definition) is 3. The van der Waals surface area contributed by atoms with Gasteiger partial charge < -0.3 is 11.1 Å². The zero-order chi connectivity index (χ0) is 11.1. The van der Waals surface area contributed by atoms with Gasteiger partial charge in [0.1, 0.15) is 0 Å². The second kappa shape index (κ2) is 6.19. The fourth-order valence-corrected chi connectivity index (χ4v) is 1.33. The summed E-state index contributed by atoms with van der Waals surface area (Å²) in [7, 11) is 1.89. The molecular formula is C10H18N4O. The SMILES string of the molecule is Cn1nccc1CCNC(=O)CCCN. The monoisotopic (exact) mass is 210 g/mol. The van der Waals surface area contributed by atoms with Crippen LogP contribution in [0, 0.1) is 0 Å². The molecule has 0 aliphatic carbocycles. The van der Waals surface area contributed by atoms with Crippen molar-refractivity contribution in [2.45, 2.75) is 19.3 Å². The minimum Gasteiger partial charge on any atom is -0.356 e. The largest absolute Gasteiger partial charge is 0.356 e. The third kappa shape index (κ3) is 4.12. The Morgan fingerprint density at radius 1 is 1.67 bits per heavy atom. The van der Waals surface area contributed by atoms with E-state index in [2.05, 4.69) is 10.4 Å². The van der Waals surface area contributed by atoms with Crippen molar-refractivity contribution in [1.29, 1.82) is 0 Å². The minimum atomic E-state index is 0.0719. The summed E-state index contributed by atoms with van der Waals surface area (Å²) in [5, 5.41) is 6.90. The Labute approximate surface area is 89.6 Å². The van der Waals surface area contributed by atoms with Crippen molar-refractivity contribution in [3.63, 3.8) is 0 Å². The number of amides is 1. The molecule has 0 radical (unpaired) electrons. The Morgan fingerprint density at radius 3 is 3.07 bits per heavy atom. The van der Waals surface area contributed by atoms with Gasteiger partial charge in [-0.2, -0.15) is 5.10 Å². The second-order valence-electron chi connectivity index (χ2n) is 3.44. The smallest absolute Gasteiger partial charge is 0.220 e. The molecule has 15 heavy (non-hydrogen) atoms. The van der Waals surface area contributed by atoms with Gasteiger partial charge in [0.2, 0.25) is 5.91 Å². The summed E-state index contributed by atoms with van der Waals surface area (Å²) in [5.41, 5.74) is 6.43. The number of hydrogen-bond donors (Lipinski definition) is 2. The van der Waals surface area contributed by atoms with E-state index < -0.39 is 0 Å². The molecule has 1 aromatic heterocycles. The molecule has 0 aliphatic rings. The van der Waals surface area contributed by atoms with Crippen LogP contribution in [0.25, 0.3) is 0 Å². The van der Waals surface area contributed by atoms with Crippen LogP contribution in [0.1, 0.15) is 18.5 Å². The molecule has 0 aliphatic heterocycles. The van der Waals surface area contributed by atoms with E-state index in [4.69, 9.17) is 5.73 Å². The van der Waals surface area contributed by atoms with Gasteiger partial charge in [-0.1, -0.05) is 0 Å². The highest BCUT2D eigenvalue weighted by atomic mass is 16.1. The first-order chi connectivity index (χ1) is 7.24. The Bertz CT molecular complexity index is 308. The summed E-state index contributed by atoms with van der Waals surface area (Å²) in [6.07, 6.45) is 3.83. The number of nitrogens with zero attached hydrogens (tertiary/aromatic N) is 2. The van der Waals surface area contributed by atoms with Crippen molar-refractivity contribution >= 4 is 5.91 Å². The Hall–Kier alpha value is -1.36. The van der Waals surface area contributed by atoms with Gasteiger partial charge >= 0.3 is 0 Å². The maximum absolute atomic E-state index is 11.2. The van der Waals surface area contributed by atoms with Crippen LogP contribution in [0.3, 0.4) is 0 Å². The van der Waals surface area contributed by atoms with Crippen molar-refractivity contribution in [2.24, 2.45) is 12.8 Å². The zero-order valence-corrected chi connectivity index (χ0v) is 9.07. The third-order valence-corrected chi connectivity index (χ3v) is 2.23. The van der Waals surface area contributed by atoms with E-state index in [1.807, 2.05) is 17.8 Å². The average Bonchev–Trinajstić information content (AvgIpc) is 2.61. The zero-order valence-electron chi connectivity index (χ0n) is 9.07. The van der Waals surface area contributed by atoms with Crippen molar-refractivity contribution in [2.75, 3.05) is 13.1 Å². The molecule has 0 bridgehead atoms. The van der Waals surface area contributed by atoms with Gasteiger partial charge in [-0.3, -0.25) is 9.48 Å². The average molecular weight is 210 g/mol. The molecule has 0 saturated carbocycles.